The molecule has 0 amide bonds. The zero-order valence-corrected chi connectivity index (χ0v) is 15.3. The van der Waals surface area contributed by atoms with Crippen molar-refractivity contribution in [2.24, 2.45) is 0 Å². The van der Waals surface area contributed by atoms with Gasteiger partial charge in [-0.3, -0.25) is 0 Å². The Bertz CT molecular complexity index is 896. The first kappa shape index (κ1) is 16.7. The van der Waals surface area contributed by atoms with Crippen LogP contribution in [0.2, 0.25) is 0 Å². The maximum Gasteiger partial charge on any atom is 0.274 e. The number of nitrogens with two attached hydrogens (primary N) is 1. The minimum absolute atomic E-state index is 0.0432. The fourth-order valence-corrected chi connectivity index (χ4v) is 3.67. The highest BCUT2D eigenvalue weighted by Crippen LogP contribution is 2.25. The Morgan fingerprint density at radius 1 is 0.846 bits per heavy atom. The van der Waals surface area contributed by atoms with E-state index in [2.05, 4.69) is 71.0 Å². The molecule has 2 aromatic heterocycles. The summed E-state index contributed by atoms with van der Waals surface area (Å²) in [6, 6.07) is 25.2. The maximum absolute atomic E-state index is 5.92. The van der Waals surface area contributed by atoms with Crippen molar-refractivity contribution in [3.63, 3.8) is 0 Å². The van der Waals surface area contributed by atoms with Crippen molar-refractivity contribution < 1.29 is 9.73 Å². The molecule has 2 heterocycles. The molecule has 0 unspecified atom stereocenters. The molecule has 4 nitrogen and oxygen atoms in total. The van der Waals surface area contributed by atoms with Crippen LogP contribution in [-0.4, -0.2) is 10.2 Å². The molecule has 130 valence electrons. The smallest absolute Gasteiger partial charge is 0.274 e. The summed E-state index contributed by atoms with van der Waals surface area (Å²) < 4.78 is 5.92. The molecule has 0 aliphatic heterocycles. The SMILES string of the molecule is C[C@H]([NH2+]C(c1ccccc1)c1ccccc1)c1nnc(-c2cccs2)o1. The summed E-state index contributed by atoms with van der Waals surface area (Å²) in [5.74, 6) is 1.23. The molecule has 4 aromatic rings. The minimum atomic E-state index is 0.0432. The van der Waals surface area contributed by atoms with Crippen LogP contribution < -0.4 is 5.32 Å². The number of quaternary nitrogens is 1. The lowest BCUT2D eigenvalue weighted by atomic mass is 9.98. The van der Waals surface area contributed by atoms with Crippen LogP contribution in [0.25, 0.3) is 10.8 Å². The molecule has 26 heavy (non-hydrogen) atoms. The summed E-state index contributed by atoms with van der Waals surface area (Å²) >= 11 is 1.60. The minimum Gasteiger partial charge on any atom is -0.414 e. The van der Waals surface area contributed by atoms with Gasteiger partial charge >= 0.3 is 0 Å². The first-order valence-corrected chi connectivity index (χ1v) is 9.51. The summed E-state index contributed by atoms with van der Waals surface area (Å²) in [7, 11) is 0. The van der Waals surface area contributed by atoms with Crippen molar-refractivity contribution in [3.05, 3.63) is 95.2 Å². The predicted molar refractivity (Wildman–Crippen MR) is 103 cm³/mol. The number of hydrogen-bond acceptors (Lipinski definition) is 4. The molecule has 0 bridgehead atoms. The summed E-state index contributed by atoms with van der Waals surface area (Å²) in [6.45, 7) is 2.10. The molecule has 0 saturated carbocycles. The summed E-state index contributed by atoms with van der Waals surface area (Å²) in [6.07, 6.45) is 0. The Hall–Kier alpha value is -2.76. The van der Waals surface area contributed by atoms with Crippen molar-refractivity contribution >= 4 is 11.3 Å². The standard InChI is InChI=1S/C21H19N3OS/c1-15(20-23-24-21(25-20)18-13-8-14-26-18)22-19(16-9-4-2-5-10-16)17-11-6-3-7-12-17/h2-15,19,22H,1H3/p+1/t15-/m0/s1. The van der Waals surface area contributed by atoms with Gasteiger partial charge in [-0.05, 0) is 18.4 Å². The molecule has 1 atom stereocenters. The summed E-state index contributed by atoms with van der Waals surface area (Å²) in [5.41, 5.74) is 2.51. The zero-order chi connectivity index (χ0) is 17.8. The number of aromatic nitrogens is 2. The molecule has 0 aliphatic rings. The lowest BCUT2D eigenvalue weighted by molar-refractivity contribution is -0.725. The van der Waals surface area contributed by atoms with Crippen LogP contribution in [0.15, 0.2) is 82.6 Å². The van der Waals surface area contributed by atoms with E-state index in [1.54, 1.807) is 11.3 Å². The quantitative estimate of drug-likeness (QED) is 0.559. The molecule has 0 aliphatic carbocycles. The van der Waals surface area contributed by atoms with E-state index in [-0.39, 0.29) is 12.1 Å². The molecule has 0 spiro atoms. The van der Waals surface area contributed by atoms with Gasteiger partial charge in [0.15, 0.2) is 6.04 Å². The van der Waals surface area contributed by atoms with E-state index in [1.807, 2.05) is 29.6 Å². The Morgan fingerprint density at radius 2 is 1.50 bits per heavy atom. The van der Waals surface area contributed by atoms with Gasteiger partial charge in [0.1, 0.15) is 6.04 Å². The van der Waals surface area contributed by atoms with Gasteiger partial charge in [0.05, 0.1) is 4.88 Å². The topological polar surface area (TPSA) is 55.5 Å². The van der Waals surface area contributed by atoms with Crippen molar-refractivity contribution in [1.82, 2.24) is 10.2 Å². The average molecular weight is 362 g/mol. The van der Waals surface area contributed by atoms with Crippen LogP contribution in [0.3, 0.4) is 0 Å². The molecule has 0 radical (unpaired) electrons. The van der Waals surface area contributed by atoms with E-state index in [9.17, 15) is 0 Å². The normalized spacial score (nSPS) is 12.4. The van der Waals surface area contributed by atoms with E-state index in [0.29, 0.717) is 11.8 Å². The Labute approximate surface area is 156 Å². The van der Waals surface area contributed by atoms with Gasteiger partial charge < -0.3 is 9.73 Å². The molecular formula is C21H20N3OS+. The van der Waals surface area contributed by atoms with Crippen molar-refractivity contribution in [2.45, 2.75) is 19.0 Å². The van der Waals surface area contributed by atoms with Crippen LogP contribution in [0.5, 0.6) is 0 Å². The van der Waals surface area contributed by atoms with Crippen molar-refractivity contribution in [3.8, 4) is 10.8 Å². The van der Waals surface area contributed by atoms with Crippen LogP contribution >= 0.6 is 11.3 Å². The van der Waals surface area contributed by atoms with E-state index < -0.39 is 0 Å². The van der Waals surface area contributed by atoms with E-state index in [1.165, 1.54) is 11.1 Å². The monoisotopic (exact) mass is 362 g/mol. The number of thiophene rings is 1. The molecule has 5 heteroatoms. The number of benzene rings is 2. The zero-order valence-electron chi connectivity index (χ0n) is 14.4. The third-order valence-electron chi connectivity index (χ3n) is 4.36. The van der Waals surface area contributed by atoms with Gasteiger partial charge in [-0.2, -0.15) is 0 Å². The Morgan fingerprint density at radius 3 is 2.08 bits per heavy atom. The van der Waals surface area contributed by atoms with Gasteiger partial charge in [-0.15, -0.1) is 21.5 Å². The second-order valence-electron chi connectivity index (χ2n) is 6.20. The highest BCUT2D eigenvalue weighted by molar-refractivity contribution is 7.13. The van der Waals surface area contributed by atoms with Gasteiger partial charge in [0.25, 0.3) is 11.8 Å². The lowest BCUT2D eigenvalue weighted by Gasteiger charge is -2.19. The number of hydrogen-bond donors (Lipinski definition) is 1. The van der Waals surface area contributed by atoms with Gasteiger partial charge in [0.2, 0.25) is 0 Å². The lowest BCUT2D eigenvalue weighted by Crippen LogP contribution is -2.86. The largest absolute Gasteiger partial charge is 0.414 e. The first-order valence-electron chi connectivity index (χ1n) is 8.63. The second-order valence-corrected chi connectivity index (χ2v) is 7.15. The van der Waals surface area contributed by atoms with Gasteiger partial charge in [0, 0.05) is 11.1 Å². The molecule has 4 rings (SSSR count). The molecule has 0 saturated heterocycles. The van der Waals surface area contributed by atoms with Crippen LogP contribution in [0.4, 0.5) is 0 Å². The number of rotatable bonds is 6. The van der Waals surface area contributed by atoms with Crippen molar-refractivity contribution in [1.29, 1.82) is 0 Å². The highest BCUT2D eigenvalue weighted by atomic mass is 32.1. The van der Waals surface area contributed by atoms with Gasteiger partial charge in [-0.1, -0.05) is 66.7 Å². The highest BCUT2D eigenvalue weighted by Gasteiger charge is 2.25. The number of nitrogens with zero attached hydrogens (tertiary/aromatic N) is 2. The molecule has 2 N–H and O–H groups in total. The fourth-order valence-electron chi connectivity index (χ4n) is 3.02. The summed E-state index contributed by atoms with van der Waals surface area (Å²) in [4.78, 5) is 0.999. The predicted octanol–water partition coefficient (Wildman–Crippen LogP) is 4.21. The van der Waals surface area contributed by atoms with E-state index >= 15 is 0 Å². The van der Waals surface area contributed by atoms with E-state index in [0.717, 1.165) is 4.88 Å². The third-order valence-corrected chi connectivity index (χ3v) is 5.22. The molecule has 0 fully saturated rings. The third kappa shape index (κ3) is 3.59. The average Bonchev–Trinajstić information content (AvgIpc) is 3.39. The first-order chi connectivity index (χ1) is 12.8. The Balaban J connectivity index is 1.60. The van der Waals surface area contributed by atoms with Gasteiger partial charge in [-0.25, -0.2) is 0 Å². The van der Waals surface area contributed by atoms with Crippen LogP contribution in [0, 0.1) is 0 Å². The molecular weight excluding hydrogens is 342 g/mol. The fraction of sp³-hybridized carbons (Fsp3) is 0.143. The van der Waals surface area contributed by atoms with Crippen LogP contribution in [0.1, 0.15) is 36.0 Å². The maximum atomic E-state index is 5.92. The second kappa shape index (κ2) is 7.64. The molecule has 2 aromatic carbocycles. The Kier molecular flexibility index (Phi) is 4.91. The van der Waals surface area contributed by atoms with E-state index in [4.69, 9.17) is 4.42 Å². The van der Waals surface area contributed by atoms with Crippen LogP contribution in [-0.2, 0) is 0 Å². The van der Waals surface area contributed by atoms with Crippen molar-refractivity contribution in [2.75, 3.05) is 0 Å². The summed E-state index contributed by atoms with van der Waals surface area (Å²) in [5, 5.41) is 12.8.